The Hall–Kier alpha value is -4.68. The third-order valence-electron chi connectivity index (χ3n) is 9.45. The fourth-order valence-electron chi connectivity index (χ4n) is 7.08. The molecule has 0 unspecified atom stereocenters. The van der Waals surface area contributed by atoms with Gasteiger partial charge in [-0.05, 0) is 31.0 Å². The summed E-state index contributed by atoms with van der Waals surface area (Å²) >= 11 is 7.17. The topological polar surface area (TPSA) is 123 Å². The Morgan fingerprint density at radius 3 is 2.40 bits per heavy atom. The zero-order valence-corrected chi connectivity index (χ0v) is 29.4. The predicted octanol–water partition coefficient (Wildman–Crippen LogP) is 5.37. The third-order valence-corrected chi connectivity index (χ3v) is 9.86. The minimum absolute atomic E-state index is 0.0964. The van der Waals surface area contributed by atoms with Gasteiger partial charge in [0.2, 0.25) is 11.8 Å². The summed E-state index contributed by atoms with van der Waals surface area (Å²) in [6.07, 6.45) is 3.24. The molecule has 4 heterocycles. The summed E-state index contributed by atoms with van der Waals surface area (Å²) in [5.74, 6) is 1.97. The van der Waals surface area contributed by atoms with Gasteiger partial charge in [-0.2, -0.15) is 5.10 Å². The third kappa shape index (κ3) is 6.61. The van der Waals surface area contributed by atoms with E-state index >= 15 is 0 Å². The van der Waals surface area contributed by atoms with Crippen LogP contribution in [0.5, 0.6) is 17.4 Å². The molecule has 2 aliphatic rings. The Morgan fingerprint density at radius 1 is 1.00 bits per heavy atom. The molecule has 2 saturated heterocycles. The van der Waals surface area contributed by atoms with Crippen molar-refractivity contribution in [2.24, 2.45) is 0 Å². The minimum atomic E-state index is -0.646. The summed E-state index contributed by atoms with van der Waals surface area (Å²) in [7, 11) is 4.90. The Labute approximate surface area is 296 Å². The van der Waals surface area contributed by atoms with Crippen LogP contribution in [0.3, 0.4) is 0 Å². The molecule has 50 heavy (non-hydrogen) atoms. The molecule has 0 bridgehead atoms. The van der Waals surface area contributed by atoms with Crippen molar-refractivity contribution in [3.63, 3.8) is 0 Å². The van der Waals surface area contributed by atoms with Crippen LogP contribution in [-0.4, -0.2) is 83.3 Å². The van der Waals surface area contributed by atoms with Crippen LogP contribution in [0.2, 0.25) is 5.02 Å². The van der Waals surface area contributed by atoms with Crippen LogP contribution in [0.25, 0.3) is 39.0 Å². The molecule has 1 atom stereocenters. The first-order chi connectivity index (χ1) is 24.2. The summed E-state index contributed by atoms with van der Waals surface area (Å²) in [5.41, 5.74) is 6.17. The van der Waals surface area contributed by atoms with Crippen molar-refractivity contribution in [3.8, 4) is 45.5 Å². The van der Waals surface area contributed by atoms with Crippen molar-refractivity contribution in [1.29, 1.82) is 0 Å². The number of carbonyl (C=O) groups is 1. The van der Waals surface area contributed by atoms with Crippen LogP contribution in [0, 0.1) is 0 Å². The lowest BCUT2D eigenvalue weighted by Crippen LogP contribution is -2.59. The van der Waals surface area contributed by atoms with E-state index in [-0.39, 0.29) is 11.9 Å². The molecule has 7 rings (SSSR count). The van der Waals surface area contributed by atoms with Gasteiger partial charge in [0.25, 0.3) is 0 Å². The monoisotopic (exact) mass is 696 g/mol. The number of methoxy groups -OCH3 is 3. The van der Waals surface area contributed by atoms with E-state index in [9.17, 15) is 9.90 Å². The smallest absolute Gasteiger partial charge is 0.220 e. The van der Waals surface area contributed by atoms with Crippen molar-refractivity contribution < 1.29 is 24.1 Å². The standard InChI is InChI=1S/C38H41ClN6O5/c1-38(47)21-44(22-38)20-23-11-13-31(43-37(23)50-4)28-9-5-8-27(36(28)39)26-7-6-10-32-29(26)19-41-45(32)25-15-33(48-2)30(34(16-25)49-3)18-40-17-24-12-14-35(46)42-24/h5-11,13,15-16,19,24,40,47H,12,14,17-18,20-22H2,1-4H3,(H,42,46)/t24-/m0/s1. The van der Waals surface area contributed by atoms with Crippen LogP contribution in [0.1, 0.15) is 30.9 Å². The minimum Gasteiger partial charge on any atom is -0.496 e. The van der Waals surface area contributed by atoms with Gasteiger partial charge >= 0.3 is 0 Å². The second kappa shape index (κ2) is 13.9. The Morgan fingerprint density at radius 2 is 1.72 bits per heavy atom. The molecule has 2 aliphatic heterocycles. The van der Waals surface area contributed by atoms with E-state index in [4.69, 9.17) is 35.9 Å². The number of hydrogen-bond donors (Lipinski definition) is 3. The number of pyridine rings is 1. The summed E-state index contributed by atoms with van der Waals surface area (Å²) in [6.45, 7) is 4.89. The van der Waals surface area contributed by atoms with Gasteiger partial charge in [-0.25, -0.2) is 9.67 Å². The van der Waals surface area contributed by atoms with Gasteiger partial charge < -0.3 is 30.0 Å². The number of β-amino-alcohol motifs (C(OH)–C–C–N with tert-alkyl or cyclic N) is 1. The van der Waals surface area contributed by atoms with Crippen LogP contribution >= 0.6 is 11.6 Å². The van der Waals surface area contributed by atoms with E-state index in [0.717, 1.165) is 50.8 Å². The molecule has 2 fully saturated rings. The van der Waals surface area contributed by atoms with Gasteiger partial charge in [-0.1, -0.05) is 48.0 Å². The van der Waals surface area contributed by atoms with Gasteiger partial charge in [0.15, 0.2) is 0 Å². The van der Waals surface area contributed by atoms with Gasteiger partial charge in [0.05, 0.1) is 60.6 Å². The Balaban J connectivity index is 1.18. The molecule has 260 valence electrons. The highest BCUT2D eigenvalue weighted by Crippen LogP contribution is 2.40. The normalized spacial score (nSPS) is 17.1. The molecule has 3 aromatic carbocycles. The Bertz CT molecular complexity index is 2030. The van der Waals surface area contributed by atoms with Crippen LogP contribution < -0.4 is 24.8 Å². The average molecular weight is 697 g/mol. The zero-order chi connectivity index (χ0) is 35.0. The maximum absolute atomic E-state index is 11.6. The lowest BCUT2D eigenvalue weighted by molar-refractivity contribution is -0.119. The quantitative estimate of drug-likeness (QED) is 0.158. The van der Waals surface area contributed by atoms with E-state index in [2.05, 4.69) is 15.5 Å². The van der Waals surface area contributed by atoms with Crippen molar-refractivity contribution in [1.82, 2.24) is 30.3 Å². The van der Waals surface area contributed by atoms with Crippen molar-refractivity contribution in [2.45, 2.75) is 44.5 Å². The van der Waals surface area contributed by atoms with Gasteiger partial charge in [0, 0.05) is 79.4 Å². The molecular formula is C38H41ClN6O5. The molecule has 0 spiro atoms. The van der Waals surface area contributed by atoms with Gasteiger partial charge in [0.1, 0.15) is 11.5 Å². The van der Waals surface area contributed by atoms with Crippen molar-refractivity contribution >= 4 is 28.4 Å². The highest BCUT2D eigenvalue weighted by Gasteiger charge is 2.36. The number of amides is 1. The van der Waals surface area contributed by atoms with E-state index < -0.39 is 5.60 Å². The summed E-state index contributed by atoms with van der Waals surface area (Å²) in [4.78, 5) is 18.6. The van der Waals surface area contributed by atoms with Crippen molar-refractivity contribution in [3.05, 3.63) is 83.0 Å². The van der Waals surface area contributed by atoms with Crippen LogP contribution in [-0.2, 0) is 17.9 Å². The second-order valence-electron chi connectivity index (χ2n) is 13.2. The average Bonchev–Trinajstić information content (AvgIpc) is 3.73. The molecule has 1 amide bonds. The van der Waals surface area contributed by atoms with Crippen molar-refractivity contribution in [2.75, 3.05) is 41.0 Å². The fraction of sp³-hybridized carbons (Fsp3) is 0.342. The molecule has 5 aromatic rings. The Kier molecular flexibility index (Phi) is 9.40. The largest absolute Gasteiger partial charge is 0.496 e. The summed E-state index contributed by atoms with van der Waals surface area (Å²) in [5, 5.41) is 22.9. The SMILES string of the molecule is COc1cc(-n2ncc3c(-c4cccc(-c5ccc(CN6CC(C)(O)C6)c(OC)n5)c4Cl)cccc32)cc(OC)c1CNC[C@@H]1CCC(=O)N1. The lowest BCUT2D eigenvalue weighted by Gasteiger charge is -2.44. The number of carbonyl (C=O) groups excluding carboxylic acids is 1. The number of halogens is 1. The number of likely N-dealkylation sites (tertiary alicyclic amines) is 1. The molecule has 0 radical (unpaired) electrons. The fourth-order valence-corrected chi connectivity index (χ4v) is 7.41. The molecule has 3 N–H and O–H groups in total. The van der Waals surface area contributed by atoms with Gasteiger partial charge in [-0.15, -0.1) is 0 Å². The zero-order valence-electron chi connectivity index (χ0n) is 28.6. The molecule has 12 heteroatoms. The van der Waals surface area contributed by atoms with Gasteiger partial charge in [-0.3, -0.25) is 9.69 Å². The van der Waals surface area contributed by atoms with Crippen LogP contribution in [0.15, 0.2) is 66.9 Å². The summed E-state index contributed by atoms with van der Waals surface area (Å²) in [6, 6.07) is 20.0. The summed E-state index contributed by atoms with van der Waals surface area (Å²) < 4.78 is 19.2. The number of rotatable bonds is 12. The molecule has 11 nitrogen and oxygen atoms in total. The first-order valence-electron chi connectivity index (χ1n) is 16.7. The predicted molar refractivity (Wildman–Crippen MR) is 193 cm³/mol. The molecule has 2 aromatic heterocycles. The van der Waals surface area contributed by atoms with E-state index in [1.807, 2.05) is 78.5 Å². The number of fused-ring (bicyclic) bond motifs is 1. The maximum Gasteiger partial charge on any atom is 0.220 e. The number of benzene rings is 3. The van der Waals surface area contributed by atoms with E-state index in [0.29, 0.717) is 67.2 Å². The molecule has 0 aliphatic carbocycles. The highest BCUT2D eigenvalue weighted by atomic mass is 35.5. The molecule has 0 saturated carbocycles. The molecular weight excluding hydrogens is 656 g/mol. The first kappa shape index (κ1) is 33.8. The number of nitrogens with zero attached hydrogens (tertiary/aromatic N) is 4. The number of ether oxygens (including phenoxy) is 3. The number of nitrogens with one attached hydrogen (secondary N) is 2. The van der Waals surface area contributed by atoms with E-state index in [1.165, 1.54) is 0 Å². The van der Waals surface area contributed by atoms with E-state index in [1.54, 1.807) is 21.3 Å². The maximum atomic E-state index is 11.6. The number of aromatic nitrogens is 3. The van der Waals surface area contributed by atoms with Crippen LogP contribution in [0.4, 0.5) is 0 Å². The number of aliphatic hydroxyl groups is 1. The second-order valence-corrected chi connectivity index (χ2v) is 13.6. The lowest BCUT2D eigenvalue weighted by atomic mass is 9.96. The first-order valence-corrected chi connectivity index (χ1v) is 17.1. The number of hydrogen-bond acceptors (Lipinski definition) is 9. The highest BCUT2D eigenvalue weighted by molar-refractivity contribution is 6.36.